The molecule has 1 aliphatic rings. The largest absolute Gasteiger partial charge is 0.372 e. The summed E-state index contributed by atoms with van der Waals surface area (Å²) in [5.74, 6) is -0.528. The molecule has 1 heterocycles. The maximum absolute atomic E-state index is 12.3. The predicted octanol–water partition coefficient (Wildman–Crippen LogP) is 2.12. The minimum absolute atomic E-state index is 0.212. The van der Waals surface area contributed by atoms with E-state index in [2.05, 4.69) is 51.5 Å². The van der Waals surface area contributed by atoms with Crippen molar-refractivity contribution in [3.05, 3.63) is 60.2 Å². The van der Waals surface area contributed by atoms with Gasteiger partial charge >= 0.3 is 0 Å². The number of rotatable bonds is 7. The third-order valence-electron chi connectivity index (χ3n) is 5.43. The predicted molar refractivity (Wildman–Crippen MR) is 121 cm³/mol. The lowest BCUT2D eigenvalue weighted by molar-refractivity contribution is -0.123. The molecule has 1 saturated heterocycles. The number of carbonyl (C=O) groups excluding carboxylic acids is 2. The fraction of sp³-hybridized carbons (Fsp3) is 0.391. The molecule has 0 aromatic heterocycles. The number of nitrogens with zero attached hydrogens (tertiary/aromatic N) is 3. The van der Waals surface area contributed by atoms with Crippen LogP contribution in [0.5, 0.6) is 0 Å². The normalized spacial score (nSPS) is 14.3. The molecule has 2 N–H and O–H groups in total. The van der Waals surface area contributed by atoms with Crippen LogP contribution in [0.3, 0.4) is 0 Å². The zero-order valence-corrected chi connectivity index (χ0v) is 17.8. The number of hydrogen-bond acceptors (Lipinski definition) is 5. The van der Waals surface area contributed by atoms with Gasteiger partial charge in [-0.25, -0.2) is 0 Å². The van der Waals surface area contributed by atoms with Gasteiger partial charge in [0.15, 0.2) is 0 Å². The highest BCUT2D eigenvalue weighted by Crippen LogP contribution is 2.16. The molecule has 7 heteroatoms. The Morgan fingerprint density at radius 1 is 0.867 bits per heavy atom. The Bertz CT molecular complexity index is 813. The van der Waals surface area contributed by atoms with Crippen LogP contribution in [0.1, 0.15) is 24.2 Å². The second kappa shape index (κ2) is 10.6. The van der Waals surface area contributed by atoms with E-state index in [4.69, 9.17) is 0 Å². The quantitative estimate of drug-likeness (QED) is 0.686. The third-order valence-corrected chi connectivity index (χ3v) is 5.43. The highest BCUT2D eigenvalue weighted by Gasteiger charge is 2.19. The molecule has 7 nitrogen and oxygen atoms in total. The van der Waals surface area contributed by atoms with Gasteiger partial charge in [-0.1, -0.05) is 18.2 Å². The van der Waals surface area contributed by atoms with Crippen molar-refractivity contribution >= 4 is 23.2 Å². The first-order chi connectivity index (χ1) is 14.6. The minimum Gasteiger partial charge on any atom is -0.372 e. The number of piperazine rings is 1. The van der Waals surface area contributed by atoms with E-state index < -0.39 is 0 Å². The van der Waals surface area contributed by atoms with Crippen molar-refractivity contribution in [2.24, 2.45) is 0 Å². The van der Waals surface area contributed by atoms with Gasteiger partial charge in [0.05, 0.1) is 6.54 Å². The zero-order chi connectivity index (χ0) is 21.3. The van der Waals surface area contributed by atoms with Crippen molar-refractivity contribution in [3.63, 3.8) is 0 Å². The molecule has 0 atom stereocenters. The number of benzene rings is 2. The van der Waals surface area contributed by atoms with E-state index in [1.807, 2.05) is 30.3 Å². The fourth-order valence-corrected chi connectivity index (χ4v) is 3.66. The maximum atomic E-state index is 12.3. The molecule has 0 unspecified atom stereocenters. The molecule has 0 saturated carbocycles. The van der Waals surface area contributed by atoms with Gasteiger partial charge in [-0.05, 0) is 50.2 Å². The lowest BCUT2D eigenvalue weighted by Crippen LogP contribution is -2.51. The number of hydrogen-bond donors (Lipinski definition) is 2. The molecular formula is C23H31N5O2. The van der Waals surface area contributed by atoms with E-state index in [0.29, 0.717) is 5.56 Å². The third kappa shape index (κ3) is 5.73. The summed E-state index contributed by atoms with van der Waals surface area (Å²) in [6.45, 7) is 9.67. The van der Waals surface area contributed by atoms with Gasteiger partial charge in [-0.3, -0.25) is 25.3 Å². The Labute approximate surface area is 178 Å². The van der Waals surface area contributed by atoms with Gasteiger partial charge in [0.2, 0.25) is 0 Å². The van der Waals surface area contributed by atoms with Crippen LogP contribution in [0.2, 0.25) is 0 Å². The van der Waals surface area contributed by atoms with Crippen molar-refractivity contribution in [1.29, 1.82) is 0 Å². The van der Waals surface area contributed by atoms with Crippen LogP contribution in [-0.2, 0) is 4.79 Å². The lowest BCUT2D eigenvalue weighted by Gasteiger charge is -2.35. The molecule has 2 aromatic rings. The summed E-state index contributed by atoms with van der Waals surface area (Å²) in [5, 5.41) is 0. The molecule has 0 radical (unpaired) electrons. The first kappa shape index (κ1) is 21.6. The summed E-state index contributed by atoms with van der Waals surface area (Å²) in [4.78, 5) is 31.2. The van der Waals surface area contributed by atoms with Gasteiger partial charge in [0, 0.05) is 56.2 Å². The van der Waals surface area contributed by atoms with Crippen molar-refractivity contribution in [2.45, 2.75) is 13.8 Å². The first-order valence-corrected chi connectivity index (χ1v) is 10.6. The topological polar surface area (TPSA) is 67.9 Å². The highest BCUT2D eigenvalue weighted by molar-refractivity contribution is 5.95. The molecule has 30 heavy (non-hydrogen) atoms. The van der Waals surface area contributed by atoms with Crippen LogP contribution in [-0.4, -0.2) is 62.5 Å². The highest BCUT2D eigenvalue weighted by atomic mass is 16.2. The summed E-state index contributed by atoms with van der Waals surface area (Å²) < 4.78 is 0. The molecule has 0 spiro atoms. The zero-order valence-electron chi connectivity index (χ0n) is 17.8. The van der Waals surface area contributed by atoms with Crippen LogP contribution in [0.15, 0.2) is 54.6 Å². The molecular weight excluding hydrogens is 378 g/mol. The molecule has 0 bridgehead atoms. The van der Waals surface area contributed by atoms with Crippen LogP contribution < -0.4 is 20.7 Å². The Hall–Kier alpha value is -3.06. The summed E-state index contributed by atoms with van der Waals surface area (Å²) in [5.41, 5.74) is 7.84. The molecule has 3 rings (SSSR count). The number of carbonyl (C=O) groups is 2. The number of amides is 2. The summed E-state index contributed by atoms with van der Waals surface area (Å²) >= 11 is 0. The minimum atomic E-state index is -0.316. The van der Waals surface area contributed by atoms with E-state index in [-0.39, 0.29) is 18.4 Å². The monoisotopic (exact) mass is 409 g/mol. The van der Waals surface area contributed by atoms with Crippen LogP contribution in [0, 0.1) is 0 Å². The van der Waals surface area contributed by atoms with E-state index in [1.54, 1.807) is 12.1 Å². The number of hydrazine groups is 1. The summed E-state index contributed by atoms with van der Waals surface area (Å²) in [6.07, 6.45) is 0. The van der Waals surface area contributed by atoms with Crippen molar-refractivity contribution < 1.29 is 9.59 Å². The van der Waals surface area contributed by atoms with Gasteiger partial charge in [-0.2, -0.15) is 0 Å². The van der Waals surface area contributed by atoms with Crippen molar-refractivity contribution in [2.75, 3.05) is 55.6 Å². The molecule has 0 aliphatic carbocycles. The average molecular weight is 410 g/mol. The van der Waals surface area contributed by atoms with Gasteiger partial charge < -0.3 is 9.80 Å². The fourth-order valence-electron chi connectivity index (χ4n) is 3.66. The van der Waals surface area contributed by atoms with Crippen LogP contribution in [0.25, 0.3) is 0 Å². The molecule has 1 fully saturated rings. The van der Waals surface area contributed by atoms with Gasteiger partial charge in [-0.15, -0.1) is 0 Å². The van der Waals surface area contributed by atoms with Crippen molar-refractivity contribution in [1.82, 2.24) is 15.8 Å². The van der Waals surface area contributed by atoms with E-state index in [9.17, 15) is 9.59 Å². The Morgan fingerprint density at radius 3 is 2.10 bits per heavy atom. The second-order valence-electron chi connectivity index (χ2n) is 7.32. The standard InChI is InChI=1S/C23H31N5O2/c1-3-27(4-2)21-12-10-19(11-13-21)23(30)25-24-22(29)18-26-14-16-28(17-15-26)20-8-6-5-7-9-20/h5-13H,3-4,14-18H2,1-2H3,(H,24,29)(H,25,30). The van der Waals surface area contributed by atoms with Crippen LogP contribution >= 0.6 is 0 Å². The molecule has 2 aromatic carbocycles. The van der Waals surface area contributed by atoms with E-state index in [1.165, 1.54) is 5.69 Å². The molecule has 1 aliphatic heterocycles. The smallest absolute Gasteiger partial charge is 0.269 e. The number of para-hydroxylation sites is 1. The maximum Gasteiger partial charge on any atom is 0.269 e. The van der Waals surface area contributed by atoms with Crippen molar-refractivity contribution in [3.8, 4) is 0 Å². The summed E-state index contributed by atoms with van der Waals surface area (Å²) in [7, 11) is 0. The Morgan fingerprint density at radius 2 is 1.50 bits per heavy atom. The second-order valence-corrected chi connectivity index (χ2v) is 7.32. The lowest BCUT2D eigenvalue weighted by atomic mass is 10.2. The first-order valence-electron chi connectivity index (χ1n) is 10.6. The summed E-state index contributed by atoms with van der Waals surface area (Å²) in [6, 6.07) is 17.7. The van der Waals surface area contributed by atoms with E-state index >= 15 is 0 Å². The number of anilines is 2. The van der Waals surface area contributed by atoms with Gasteiger partial charge in [0.1, 0.15) is 0 Å². The van der Waals surface area contributed by atoms with Crippen LogP contribution in [0.4, 0.5) is 11.4 Å². The average Bonchev–Trinajstić information content (AvgIpc) is 2.80. The van der Waals surface area contributed by atoms with Gasteiger partial charge in [0.25, 0.3) is 11.8 Å². The molecule has 2 amide bonds. The molecule has 160 valence electrons. The number of nitrogens with one attached hydrogen (secondary N) is 2. The Kier molecular flexibility index (Phi) is 7.68. The van der Waals surface area contributed by atoms with E-state index in [0.717, 1.165) is 45.0 Å². The Balaban J connectivity index is 1.41. The SMILES string of the molecule is CCN(CC)c1ccc(C(=O)NNC(=O)CN2CCN(c3ccccc3)CC2)cc1.